The minimum absolute atomic E-state index is 0.0697. The van der Waals surface area contributed by atoms with Crippen molar-refractivity contribution >= 4 is 17.2 Å². The predicted molar refractivity (Wildman–Crippen MR) is 131 cm³/mol. The molecule has 2 fully saturated rings. The number of hydrogen-bond acceptors (Lipinski definition) is 6. The fourth-order valence-electron chi connectivity index (χ4n) is 4.48. The molecule has 0 unspecified atom stereocenters. The van der Waals surface area contributed by atoms with Crippen LogP contribution in [-0.2, 0) is 0 Å². The number of anilines is 2. The maximum Gasteiger partial charge on any atom is 0.132 e. The van der Waals surface area contributed by atoms with Gasteiger partial charge in [-0.15, -0.1) is 0 Å². The summed E-state index contributed by atoms with van der Waals surface area (Å²) in [6.45, 7) is 6.42. The van der Waals surface area contributed by atoms with E-state index in [9.17, 15) is 0 Å². The maximum atomic E-state index is 8.76. The number of ether oxygens (including phenoxy) is 1. The maximum absolute atomic E-state index is 8.76. The van der Waals surface area contributed by atoms with Gasteiger partial charge in [-0.25, -0.2) is 9.97 Å². The van der Waals surface area contributed by atoms with Gasteiger partial charge in [0.1, 0.15) is 23.5 Å². The molecule has 6 nitrogen and oxygen atoms in total. The van der Waals surface area contributed by atoms with Crippen LogP contribution in [0.3, 0.4) is 0 Å². The van der Waals surface area contributed by atoms with Gasteiger partial charge >= 0.3 is 0 Å². The molecule has 2 heterocycles. The molecule has 1 aliphatic carbocycles. The second-order valence-corrected chi connectivity index (χ2v) is 9.72. The van der Waals surface area contributed by atoms with Crippen LogP contribution in [0.5, 0.6) is 5.75 Å². The summed E-state index contributed by atoms with van der Waals surface area (Å²) in [5, 5.41) is 8.76. The van der Waals surface area contributed by atoms with Crippen molar-refractivity contribution in [2.75, 3.05) is 23.7 Å². The highest BCUT2D eigenvalue weighted by atomic mass is 16.5. The van der Waals surface area contributed by atoms with Crippen molar-refractivity contribution < 1.29 is 4.74 Å². The highest BCUT2D eigenvalue weighted by molar-refractivity contribution is 6.13. The van der Waals surface area contributed by atoms with E-state index in [4.69, 9.17) is 15.9 Å². The molecule has 1 aromatic carbocycles. The molecule has 1 aromatic heterocycles. The van der Waals surface area contributed by atoms with Crippen LogP contribution in [0.25, 0.3) is 0 Å². The van der Waals surface area contributed by atoms with Crippen LogP contribution in [0.4, 0.5) is 11.5 Å². The lowest BCUT2D eigenvalue weighted by atomic mass is 9.91. The molecule has 32 heavy (non-hydrogen) atoms. The van der Waals surface area contributed by atoms with Gasteiger partial charge < -0.3 is 15.4 Å². The Labute approximate surface area is 192 Å². The van der Waals surface area contributed by atoms with E-state index in [-0.39, 0.29) is 5.60 Å². The van der Waals surface area contributed by atoms with E-state index in [0.29, 0.717) is 22.7 Å². The molecule has 1 aliphatic heterocycles. The highest BCUT2D eigenvalue weighted by Gasteiger charge is 2.40. The first-order chi connectivity index (χ1) is 15.5. The van der Waals surface area contributed by atoms with Gasteiger partial charge in [-0.05, 0) is 56.7 Å². The molecule has 1 saturated heterocycles. The van der Waals surface area contributed by atoms with Gasteiger partial charge in [-0.2, -0.15) is 0 Å². The van der Waals surface area contributed by atoms with Crippen molar-refractivity contribution in [3.05, 3.63) is 41.9 Å². The van der Waals surface area contributed by atoms with Crippen molar-refractivity contribution in [1.82, 2.24) is 9.97 Å². The van der Waals surface area contributed by atoms with Gasteiger partial charge in [-0.1, -0.05) is 39.0 Å². The summed E-state index contributed by atoms with van der Waals surface area (Å²) in [5.74, 6) is 2.49. The number of nitrogens with two attached hydrogens (primary N) is 1. The average molecular weight is 436 g/mol. The summed E-state index contributed by atoms with van der Waals surface area (Å²) in [6, 6.07) is 7.50. The number of nitrogens with zero attached hydrogens (tertiary/aromatic N) is 3. The van der Waals surface area contributed by atoms with Crippen molar-refractivity contribution in [3.63, 3.8) is 0 Å². The number of nitrogens with one attached hydrogen (secondary N) is 1. The SMILES string of the molecule is CCCCCCC1CCN(c2cc(C(=N)c3cc(OC4(C)CC4)ccc3N)ncn2)CC1. The van der Waals surface area contributed by atoms with Crippen LogP contribution in [0.1, 0.15) is 82.9 Å². The lowest BCUT2D eigenvalue weighted by Gasteiger charge is -2.33. The number of rotatable bonds is 10. The fraction of sp³-hybridized carbons (Fsp3) is 0.577. The van der Waals surface area contributed by atoms with Gasteiger partial charge in [0.05, 0.1) is 11.4 Å². The summed E-state index contributed by atoms with van der Waals surface area (Å²) >= 11 is 0. The third-order valence-corrected chi connectivity index (χ3v) is 6.93. The van der Waals surface area contributed by atoms with E-state index >= 15 is 0 Å². The van der Waals surface area contributed by atoms with E-state index in [1.54, 1.807) is 6.33 Å². The smallest absolute Gasteiger partial charge is 0.132 e. The molecule has 0 atom stereocenters. The molecule has 3 N–H and O–H groups in total. The molecule has 2 aliphatic rings. The molecule has 0 amide bonds. The summed E-state index contributed by atoms with van der Waals surface area (Å²) < 4.78 is 6.07. The molecule has 4 rings (SSSR count). The zero-order chi connectivity index (χ0) is 22.6. The Morgan fingerprint density at radius 3 is 2.66 bits per heavy atom. The van der Waals surface area contributed by atoms with Crippen LogP contribution < -0.4 is 15.4 Å². The van der Waals surface area contributed by atoms with E-state index < -0.39 is 0 Å². The second-order valence-electron chi connectivity index (χ2n) is 9.72. The second kappa shape index (κ2) is 9.88. The van der Waals surface area contributed by atoms with E-state index in [2.05, 4.69) is 28.7 Å². The van der Waals surface area contributed by atoms with Gasteiger partial charge in [0.2, 0.25) is 0 Å². The summed E-state index contributed by atoms with van der Waals surface area (Å²) in [6.07, 6.45) is 12.9. The molecular formula is C26H37N5O. The normalized spacial score (nSPS) is 17.9. The summed E-state index contributed by atoms with van der Waals surface area (Å²) in [7, 11) is 0. The monoisotopic (exact) mass is 435 g/mol. The Kier molecular flexibility index (Phi) is 6.97. The third-order valence-electron chi connectivity index (χ3n) is 6.93. The fourth-order valence-corrected chi connectivity index (χ4v) is 4.48. The van der Waals surface area contributed by atoms with Gasteiger partial charge in [-0.3, -0.25) is 5.41 Å². The lowest BCUT2D eigenvalue weighted by Crippen LogP contribution is -2.34. The number of aromatic nitrogens is 2. The first kappa shape index (κ1) is 22.6. The number of benzene rings is 1. The molecule has 0 bridgehead atoms. The van der Waals surface area contributed by atoms with E-state index in [1.807, 2.05) is 24.3 Å². The summed E-state index contributed by atoms with van der Waals surface area (Å²) in [5.41, 5.74) is 8.26. The van der Waals surface area contributed by atoms with Gasteiger partial charge in [0, 0.05) is 30.4 Å². The number of hydrogen-bond donors (Lipinski definition) is 2. The topological polar surface area (TPSA) is 88.1 Å². The Bertz CT molecular complexity index is 932. The van der Waals surface area contributed by atoms with Crippen molar-refractivity contribution in [2.45, 2.75) is 77.2 Å². The number of unbranched alkanes of at least 4 members (excludes halogenated alkanes) is 3. The van der Waals surface area contributed by atoms with Crippen LogP contribution >= 0.6 is 0 Å². The number of nitrogen functional groups attached to an aromatic ring is 1. The first-order valence-corrected chi connectivity index (χ1v) is 12.2. The molecule has 0 spiro atoms. The lowest BCUT2D eigenvalue weighted by molar-refractivity contribution is 0.200. The predicted octanol–water partition coefficient (Wildman–Crippen LogP) is 5.59. The Hall–Kier alpha value is -2.63. The standard InChI is InChI=1S/C26H37N5O/c1-3-4-5-6-7-19-10-14-31(15-11-19)24-17-23(29-18-30-24)25(28)21-16-20(8-9-22(21)27)32-26(2)12-13-26/h8-9,16-19,28H,3-7,10-15,27H2,1-2H3. The third kappa shape index (κ3) is 5.59. The van der Waals surface area contributed by atoms with Crippen LogP contribution in [0, 0.1) is 11.3 Å². The molecule has 0 radical (unpaired) electrons. The van der Waals surface area contributed by atoms with Crippen LogP contribution in [0.15, 0.2) is 30.6 Å². The highest BCUT2D eigenvalue weighted by Crippen LogP contribution is 2.40. The molecule has 1 saturated carbocycles. The average Bonchev–Trinajstić information content (AvgIpc) is 3.54. The van der Waals surface area contributed by atoms with Crippen molar-refractivity contribution in [3.8, 4) is 5.75 Å². The molecular weight excluding hydrogens is 398 g/mol. The summed E-state index contributed by atoms with van der Waals surface area (Å²) in [4.78, 5) is 11.2. The molecule has 2 aromatic rings. The van der Waals surface area contributed by atoms with Gasteiger partial charge in [0.25, 0.3) is 0 Å². The minimum atomic E-state index is -0.0697. The molecule has 172 valence electrons. The quantitative estimate of drug-likeness (QED) is 0.288. The van der Waals surface area contributed by atoms with Crippen molar-refractivity contribution in [1.29, 1.82) is 5.41 Å². The Balaban J connectivity index is 1.40. The number of piperidine rings is 1. The first-order valence-electron chi connectivity index (χ1n) is 12.2. The van der Waals surface area contributed by atoms with Crippen LogP contribution in [0.2, 0.25) is 0 Å². The Morgan fingerprint density at radius 1 is 1.16 bits per heavy atom. The minimum Gasteiger partial charge on any atom is -0.488 e. The zero-order valence-electron chi connectivity index (χ0n) is 19.6. The molecule has 6 heteroatoms. The van der Waals surface area contributed by atoms with E-state index in [1.165, 1.54) is 44.9 Å². The van der Waals surface area contributed by atoms with Gasteiger partial charge in [0.15, 0.2) is 0 Å². The Morgan fingerprint density at radius 2 is 1.94 bits per heavy atom. The largest absolute Gasteiger partial charge is 0.488 e. The van der Waals surface area contributed by atoms with E-state index in [0.717, 1.165) is 43.4 Å². The van der Waals surface area contributed by atoms with Crippen molar-refractivity contribution in [2.24, 2.45) is 5.92 Å². The zero-order valence-corrected chi connectivity index (χ0v) is 19.6. The van der Waals surface area contributed by atoms with Crippen LogP contribution in [-0.4, -0.2) is 34.4 Å².